The van der Waals surface area contributed by atoms with Gasteiger partial charge in [0.05, 0.1) is 10.6 Å². The van der Waals surface area contributed by atoms with Crippen molar-refractivity contribution < 1.29 is 38.9 Å². The molecule has 0 aliphatic heterocycles. The van der Waals surface area contributed by atoms with Crippen LogP contribution in [0.2, 0.25) is 0 Å². The molecule has 0 amide bonds. The minimum Gasteiger partial charge on any atom is -0.294 e. The second-order valence-corrected chi connectivity index (χ2v) is 12.2. The summed E-state index contributed by atoms with van der Waals surface area (Å²) in [4.78, 5) is 9.43. The number of rotatable bonds is 4. The number of H-pyrrole nitrogens is 1. The molecule has 0 unspecified atom stereocenters. The van der Waals surface area contributed by atoms with Gasteiger partial charge in [0.2, 0.25) is 0 Å². The van der Waals surface area contributed by atoms with E-state index < -0.39 is 66.8 Å². The van der Waals surface area contributed by atoms with Gasteiger partial charge >= 0.3 is 0 Å². The summed E-state index contributed by atoms with van der Waals surface area (Å²) in [5.41, 5.74) is -0.932. The van der Waals surface area contributed by atoms with Crippen LogP contribution in [-0.4, -0.2) is 48.7 Å². The van der Waals surface area contributed by atoms with Crippen molar-refractivity contribution in [3.8, 4) is 5.69 Å². The van der Waals surface area contributed by atoms with E-state index in [1.807, 2.05) is 0 Å². The van der Waals surface area contributed by atoms with Crippen molar-refractivity contribution in [1.29, 1.82) is 0 Å². The zero-order valence-electron chi connectivity index (χ0n) is 16.8. The van der Waals surface area contributed by atoms with Crippen LogP contribution in [0.5, 0.6) is 0 Å². The number of benzene rings is 2. The molecule has 0 spiro atoms. The summed E-state index contributed by atoms with van der Waals surface area (Å²) in [5.74, 6) is 0. The van der Waals surface area contributed by atoms with E-state index in [4.69, 9.17) is 0 Å². The lowest BCUT2D eigenvalue weighted by Gasteiger charge is -2.16. The number of hydrogen-bond acceptors (Lipinski definition) is 7. The molecule has 0 saturated carbocycles. The van der Waals surface area contributed by atoms with E-state index in [0.717, 1.165) is 16.8 Å². The fourth-order valence-corrected chi connectivity index (χ4v) is 5.08. The van der Waals surface area contributed by atoms with Crippen LogP contribution in [0.3, 0.4) is 0 Å². The molecule has 0 atom stereocenters. The van der Waals surface area contributed by atoms with Gasteiger partial charge in [0.15, 0.2) is 0 Å². The molecule has 1 heterocycles. The van der Waals surface area contributed by atoms with Crippen molar-refractivity contribution in [2.75, 3.05) is 0 Å². The summed E-state index contributed by atoms with van der Waals surface area (Å²) < 4.78 is 101. The summed E-state index contributed by atoms with van der Waals surface area (Å²) in [7, 11) is -15.3. The Bertz CT molecular complexity index is 1640. The molecule has 1 aromatic heterocycles. The maximum atomic E-state index is 12.5. The van der Waals surface area contributed by atoms with Crippen LogP contribution in [0.1, 0.15) is 26.5 Å². The molecule has 174 valence electrons. The summed E-state index contributed by atoms with van der Waals surface area (Å²) >= 11 is 0. The first-order valence-corrected chi connectivity index (χ1v) is 13.0. The lowest BCUT2D eigenvalue weighted by atomic mass is 9.93. The Balaban J connectivity index is 2.57. The Hall–Kier alpha value is -2.56. The molecule has 0 radical (unpaired) electrons. The van der Waals surface area contributed by atoms with Gasteiger partial charge in [-0.05, 0) is 24.3 Å². The fraction of sp³-hybridized carbons (Fsp3) is 0.235. The average Bonchev–Trinajstić information content (AvgIpc) is 2.99. The third-order valence-corrected chi connectivity index (χ3v) is 7.21. The van der Waals surface area contributed by atoms with Crippen LogP contribution in [0, 0.1) is 0 Å². The summed E-state index contributed by atoms with van der Waals surface area (Å²) in [6.07, 6.45) is 0. The largest absolute Gasteiger partial charge is 0.295 e. The first-order valence-electron chi connectivity index (χ1n) is 8.67. The average molecular weight is 507 g/mol. The summed E-state index contributed by atoms with van der Waals surface area (Å²) in [6.45, 7) is 5.37. The topological polar surface area (TPSA) is 201 Å². The molecule has 4 N–H and O–H groups in total. The van der Waals surface area contributed by atoms with Gasteiger partial charge in [-0.2, -0.15) is 25.3 Å². The SMILES string of the molecule is CC(C)(C)c1cc(=O)n(-c2cc(S(=O)(=O)O)c3cc(S(=O)(=O)O)cc(S(=O)(=O)O)c3c2)[nH]1. The van der Waals surface area contributed by atoms with E-state index in [0.29, 0.717) is 17.8 Å². The van der Waals surface area contributed by atoms with Gasteiger partial charge in [0, 0.05) is 27.9 Å². The summed E-state index contributed by atoms with van der Waals surface area (Å²) in [6, 6.07) is 4.09. The van der Waals surface area contributed by atoms with E-state index in [1.54, 1.807) is 20.8 Å². The van der Waals surface area contributed by atoms with Crippen LogP contribution in [0.4, 0.5) is 0 Å². The maximum Gasteiger partial charge on any atom is 0.295 e. The van der Waals surface area contributed by atoms with Gasteiger partial charge in [0.25, 0.3) is 35.9 Å². The second-order valence-electron chi connectivity index (χ2n) is 7.98. The highest BCUT2D eigenvalue weighted by Gasteiger charge is 2.26. The number of aromatic amines is 1. The molecule has 0 aliphatic carbocycles. The highest BCUT2D eigenvalue weighted by atomic mass is 32.2. The van der Waals surface area contributed by atoms with Gasteiger partial charge in [-0.1, -0.05) is 20.8 Å². The molecule has 0 saturated heterocycles. The van der Waals surface area contributed by atoms with Crippen molar-refractivity contribution in [1.82, 2.24) is 9.78 Å². The van der Waals surface area contributed by atoms with E-state index >= 15 is 0 Å². The number of hydrogen-bond donors (Lipinski definition) is 4. The Kier molecular flexibility index (Phi) is 5.44. The Morgan fingerprint density at radius 1 is 0.750 bits per heavy atom. The lowest BCUT2D eigenvalue weighted by molar-refractivity contribution is 0.478. The zero-order valence-corrected chi connectivity index (χ0v) is 19.2. The second kappa shape index (κ2) is 7.23. The number of fused-ring (bicyclic) bond motifs is 1. The molecule has 15 heteroatoms. The number of aromatic nitrogens is 2. The highest BCUT2D eigenvalue weighted by molar-refractivity contribution is 7.87. The van der Waals surface area contributed by atoms with Crippen molar-refractivity contribution in [2.24, 2.45) is 0 Å². The van der Waals surface area contributed by atoms with E-state index in [-0.39, 0.29) is 5.69 Å². The fourth-order valence-electron chi connectivity index (χ4n) is 3.03. The predicted molar refractivity (Wildman–Crippen MR) is 112 cm³/mol. The van der Waals surface area contributed by atoms with Gasteiger partial charge in [-0.25, -0.2) is 4.68 Å². The molecule has 32 heavy (non-hydrogen) atoms. The molecule has 3 aromatic rings. The quantitative estimate of drug-likeness (QED) is 0.374. The standard InChI is InChI=1S/C17H18N2O10S3/c1-17(2,3)15-8-16(20)19(18-15)9-4-11-12(13(5-9)31(24,25)26)6-10(30(21,22)23)7-14(11)32(27,28)29/h4-8,18H,1-3H3,(H,21,22,23)(H,24,25,26)(H,27,28,29). The van der Waals surface area contributed by atoms with Gasteiger partial charge in [-0.15, -0.1) is 0 Å². The smallest absolute Gasteiger partial charge is 0.294 e. The van der Waals surface area contributed by atoms with Crippen molar-refractivity contribution in [3.63, 3.8) is 0 Å². The van der Waals surface area contributed by atoms with Crippen LogP contribution in [0.25, 0.3) is 16.5 Å². The molecule has 12 nitrogen and oxygen atoms in total. The predicted octanol–water partition coefficient (Wildman–Crippen LogP) is 1.36. The van der Waals surface area contributed by atoms with Crippen LogP contribution in [0.15, 0.2) is 49.8 Å². The van der Waals surface area contributed by atoms with Crippen molar-refractivity contribution in [3.05, 3.63) is 46.4 Å². The molecular weight excluding hydrogens is 488 g/mol. The first-order chi connectivity index (χ1) is 14.3. The maximum absolute atomic E-state index is 12.5. The van der Waals surface area contributed by atoms with Crippen molar-refractivity contribution >= 4 is 41.1 Å². The molecule has 0 bridgehead atoms. The van der Waals surface area contributed by atoms with Crippen molar-refractivity contribution in [2.45, 2.75) is 40.9 Å². The monoisotopic (exact) mass is 506 g/mol. The first kappa shape index (κ1) is 24.1. The Labute approximate surface area is 182 Å². The molecule has 0 aliphatic rings. The van der Waals surface area contributed by atoms with Crippen LogP contribution >= 0.6 is 0 Å². The van der Waals surface area contributed by atoms with Gasteiger partial charge in [-0.3, -0.25) is 23.6 Å². The number of nitrogens with one attached hydrogen (secondary N) is 1. The van der Waals surface area contributed by atoms with E-state index in [2.05, 4.69) is 5.10 Å². The molecule has 3 rings (SSSR count). The molecular formula is C17H18N2O10S3. The van der Waals surface area contributed by atoms with E-state index in [9.17, 15) is 43.7 Å². The minimum absolute atomic E-state index is 0.227. The zero-order chi connectivity index (χ0) is 24.4. The Morgan fingerprint density at radius 3 is 1.69 bits per heavy atom. The van der Waals surface area contributed by atoms with Gasteiger partial charge < -0.3 is 0 Å². The lowest BCUT2D eigenvalue weighted by Crippen LogP contribution is -2.15. The van der Waals surface area contributed by atoms with Crippen LogP contribution in [-0.2, 0) is 35.8 Å². The molecule has 0 fully saturated rings. The highest BCUT2D eigenvalue weighted by Crippen LogP contribution is 2.34. The third kappa shape index (κ3) is 4.48. The minimum atomic E-state index is -5.15. The normalized spacial score (nSPS) is 13.6. The Morgan fingerprint density at radius 2 is 1.25 bits per heavy atom. The van der Waals surface area contributed by atoms with Gasteiger partial charge in [0.1, 0.15) is 9.79 Å². The third-order valence-electron chi connectivity index (χ3n) is 4.59. The number of nitrogens with zero attached hydrogens (tertiary/aromatic N) is 1. The summed E-state index contributed by atoms with van der Waals surface area (Å²) in [5, 5.41) is 1.60. The van der Waals surface area contributed by atoms with Crippen LogP contribution < -0.4 is 5.56 Å². The molecule has 2 aromatic carbocycles. The van der Waals surface area contributed by atoms with E-state index in [1.165, 1.54) is 6.07 Å².